The Balaban J connectivity index is 1.64. The van der Waals surface area contributed by atoms with Crippen molar-refractivity contribution in [1.82, 2.24) is 0 Å². The first-order chi connectivity index (χ1) is 12.6. The zero-order chi connectivity index (χ0) is 19.4. The van der Waals surface area contributed by atoms with Gasteiger partial charge in [-0.1, -0.05) is 24.8 Å². The minimum absolute atomic E-state index is 0.348. The molecule has 0 amide bonds. The molecule has 0 N–H and O–H groups in total. The summed E-state index contributed by atoms with van der Waals surface area (Å²) in [7, 11) is -2.35. The second kappa shape index (κ2) is 6.38. The number of ether oxygens (including phenoxy) is 1. The molecule has 146 valence electrons. The quantitative estimate of drug-likeness (QED) is 0.405. The molecule has 4 bridgehead atoms. The molecule has 4 nitrogen and oxygen atoms in total. The van der Waals surface area contributed by atoms with Gasteiger partial charge in [-0.25, -0.2) is 13.2 Å². The molecule has 1 aromatic rings. The van der Waals surface area contributed by atoms with E-state index >= 15 is 0 Å². The van der Waals surface area contributed by atoms with E-state index in [1.165, 1.54) is 0 Å². The Morgan fingerprint density at radius 2 is 1.81 bits per heavy atom. The third-order valence-corrected chi connectivity index (χ3v) is 10.6. The molecule has 2 unspecified atom stereocenters. The number of esters is 1. The molecule has 4 aliphatic carbocycles. The largest absolute Gasteiger partial charge is 0.456 e. The summed E-state index contributed by atoms with van der Waals surface area (Å²) in [5, 5.41) is 0. The van der Waals surface area contributed by atoms with Gasteiger partial charge >= 0.3 is 5.97 Å². The summed E-state index contributed by atoms with van der Waals surface area (Å²) < 4.78 is 32.0. The van der Waals surface area contributed by atoms with Crippen LogP contribution >= 0.6 is 10.8 Å². The van der Waals surface area contributed by atoms with E-state index in [0.29, 0.717) is 28.7 Å². The minimum Gasteiger partial charge on any atom is -0.456 e. The Morgan fingerprint density at radius 3 is 2.41 bits per heavy atom. The number of rotatable bonds is 5. The van der Waals surface area contributed by atoms with Crippen LogP contribution in [0.15, 0.2) is 41.3 Å². The highest BCUT2D eigenvalue weighted by molar-refractivity contribution is 8.72. The molecule has 2 atom stereocenters. The standard InChI is InChI=1S/C21H26O4S2/c1-14(2)19(22)25-20-9-16-8-17(10-20)12-21(11-16,13-20)26-27(23,24)18-7-5-4-6-15(18)3/h4-7,16-17H,1,8-13H2,2-3H3. The summed E-state index contributed by atoms with van der Waals surface area (Å²) in [4.78, 5) is 12.6. The van der Waals surface area contributed by atoms with Crippen molar-refractivity contribution in [3.8, 4) is 0 Å². The topological polar surface area (TPSA) is 60.4 Å². The van der Waals surface area contributed by atoms with Gasteiger partial charge in [0.15, 0.2) is 0 Å². The van der Waals surface area contributed by atoms with E-state index < -0.39 is 14.5 Å². The number of hydrogen-bond donors (Lipinski definition) is 0. The maximum Gasteiger partial charge on any atom is 0.333 e. The Kier molecular flexibility index (Phi) is 4.50. The molecule has 1 aromatic carbocycles. The van der Waals surface area contributed by atoms with E-state index in [2.05, 4.69) is 6.58 Å². The summed E-state index contributed by atoms with van der Waals surface area (Å²) in [5.41, 5.74) is 0.659. The van der Waals surface area contributed by atoms with Crippen molar-refractivity contribution in [3.63, 3.8) is 0 Å². The third-order valence-electron chi connectivity index (χ3n) is 6.26. The van der Waals surface area contributed by atoms with Crippen molar-refractivity contribution < 1.29 is 17.9 Å². The van der Waals surface area contributed by atoms with Gasteiger partial charge in [0.2, 0.25) is 8.87 Å². The molecule has 0 heterocycles. The summed E-state index contributed by atoms with van der Waals surface area (Å²) >= 11 is 0. The average Bonchev–Trinajstić information content (AvgIpc) is 2.52. The van der Waals surface area contributed by atoms with Crippen molar-refractivity contribution in [2.45, 2.75) is 67.6 Å². The maximum atomic E-state index is 13.2. The molecular weight excluding hydrogens is 380 g/mol. The molecule has 0 saturated heterocycles. The summed E-state index contributed by atoms with van der Waals surface area (Å²) in [6.45, 7) is 7.20. The predicted octanol–water partition coefficient (Wildman–Crippen LogP) is 4.63. The lowest BCUT2D eigenvalue weighted by Gasteiger charge is -2.60. The van der Waals surface area contributed by atoms with Crippen LogP contribution in [0.4, 0.5) is 0 Å². The second-order valence-corrected chi connectivity index (χ2v) is 13.0. The van der Waals surface area contributed by atoms with Crippen molar-refractivity contribution in [1.29, 1.82) is 0 Å². The highest BCUT2D eigenvalue weighted by Gasteiger charge is 2.61. The van der Waals surface area contributed by atoms with Crippen LogP contribution in [0.25, 0.3) is 0 Å². The van der Waals surface area contributed by atoms with E-state index in [9.17, 15) is 13.2 Å². The van der Waals surface area contributed by atoms with Gasteiger partial charge in [0.1, 0.15) is 5.60 Å². The van der Waals surface area contributed by atoms with Crippen LogP contribution in [0.1, 0.15) is 51.0 Å². The van der Waals surface area contributed by atoms with E-state index in [1.54, 1.807) is 19.1 Å². The Bertz CT molecular complexity index is 889. The molecule has 0 spiro atoms. The molecule has 4 fully saturated rings. The molecule has 0 aromatic heterocycles. The zero-order valence-corrected chi connectivity index (χ0v) is 17.5. The Hall–Kier alpha value is -1.27. The lowest BCUT2D eigenvalue weighted by atomic mass is 9.53. The van der Waals surface area contributed by atoms with Gasteiger partial charge in [-0.2, -0.15) is 0 Å². The molecule has 27 heavy (non-hydrogen) atoms. The first-order valence-electron chi connectivity index (χ1n) is 9.52. The molecule has 4 aliphatic rings. The fourth-order valence-electron chi connectivity index (χ4n) is 5.71. The molecular formula is C21H26O4S2. The van der Waals surface area contributed by atoms with Gasteiger partial charge in [-0.3, -0.25) is 0 Å². The SMILES string of the molecule is C=C(C)C(=O)OC12CC3CC(C1)CC(SS(=O)(=O)c1ccccc1C)(C3)C2. The molecule has 0 aliphatic heterocycles. The summed E-state index contributed by atoms with van der Waals surface area (Å²) in [6, 6.07) is 7.16. The number of carbonyl (C=O) groups excluding carboxylic acids is 1. The zero-order valence-electron chi connectivity index (χ0n) is 15.9. The smallest absolute Gasteiger partial charge is 0.333 e. The van der Waals surface area contributed by atoms with Crippen LogP contribution in [0, 0.1) is 18.8 Å². The minimum atomic E-state index is -3.47. The van der Waals surface area contributed by atoms with E-state index in [-0.39, 0.29) is 10.7 Å². The van der Waals surface area contributed by atoms with E-state index in [0.717, 1.165) is 48.5 Å². The van der Waals surface area contributed by atoms with Crippen molar-refractivity contribution >= 4 is 25.6 Å². The first kappa shape index (κ1) is 19.1. The van der Waals surface area contributed by atoms with Gasteiger partial charge in [0, 0.05) is 16.7 Å². The van der Waals surface area contributed by atoms with Crippen LogP contribution in [-0.2, 0) is 18.4 Å². The van der Waals surface area contributed by atoms with Crippen molar-refractivity contribution in [2.24, 2.45) is 11.8 Å². The molecule has 0 radical (unpaired) electrons. The van der Waals surface area contributed by atoms with E-state index in [4.69, 9.17) is 4.74 Å². The Morgan fingerprint density at radius 1 is 1.19 bits per heavy atom. The van der Waals surface area contributed by atoms with Crippen LogP contribution in [0.5, 0.6) is 0 Å². The highest BCUT2D eigenvalue weighted by Crippen LogP contribution is 2.64. The summed E-state index contributed by atoms with van der Waals surface area (Å²) in [5.74, 6) is 0.520. The third kappa shape index (κ3) is 3.46. The predicted molar refractivity (Wildman–Crippen MR) is 107 cm³/mol. The highest BCUT2D eigenvalue weighted by atomic mass is 33.1. The van der Waals surface area contributed by atoms with Gasteiger partial charge < -0.3 is 4.74 Å². The van der Waals surface area contributed by atoms with Gasteiger partial charge in [0.05, 0.1) is 4.90 Å². The number of benzene rings is 1. The second-order valence-electron chi connectivity index (χ2n) is 8.80. The molecule has 6 heteroatoms. The van der Waals surface area contributed by atoms with Crippen LogP contribution in [0.2, 0.25) is 0 Å². The van der Waals surface area contributed by atoms with Gasteiger partial charge in [-0.05, 0) is 80.2 Å². The van der Waals surface area contributed by atoms with Crippen molar-refractivity contribution in [2.75, 3.05) is 0 Å². The number of aryl methyl sites for hydroxylation is 1. The van der Waals surface area contributed by atoms with Crippen molar-refractivity contribution in [3.05, 3.63) is 42.0 Å². The maximum absolute atomic E-state index is 13.2. The van der Waals surface area contributed by atoms with Crippen LogP contribution in [0.3, 0.4) is 0 Å². The normalized spacial score (nSPS) is 34.4. The van der Waals surface area contributed by atoms with Gasteiger partial charge in [0.25, 0.3) is 0 Å². The first-order valence-corrected chi connectivity index (χ1v) is 12.3. The molecule has 4 saturated carbocycles. The number of hydrogen-bond acceptors (Lipinski definition) is 5. The monoisotopic (exact) mass is 406 g/mol. The average molecular weight is 407 g/mol. The van der Waals surface area contributed by atoms with Crippen LogP contribution in [-0.4, -0.2) is 24.7 Å². The fraction of sp³-hybridized carbons (Fsp3) is 0.571. The lowest BCUT2D eigenvalue weighted by molar-refractivity contribution is -0.178. The van der Waals surface area contributed by atoms with E-state index in [1.807, 2.05) is 19.1 Å². The number of carbonyl (C=O) groups is 1. The lowest BCUT2D eigenvalue weighted by Crippen LogP contribution is -2.59. The van der Waals surface area contributed by atoms with Gasteiger partial charge in [-0.15, -0.1) is 0 Å². The fourth-order valence-corrected chi connectivity index (χ4v) is 10.7. The Labute approximate surface area is 165 Å². The molecule has 5 rings (SSSR count). The van der Waals surface area contributed by atoms with Crippen LogP contribution < -0.4 is 0 Å². The summed E-state index contributed by atoms with van der Waals surface area (Å²) in [6.07, 6.45) is 5.25.